The minimum absolute atomic E-state index is 0.0415. The highest BCUT2D eigenvalue weighted by atomic mass is 16.2. The van der Waals surface area contributed by atoms with Gasteiger partial charge in [0.05, 0.1) is 12.4 Å². The Morgan fingerprint density at radius 1 is 1.00 bits per heavy atom. The highest BCUT2D eigenvalue weighted by molar-refractivity contribution is 5.92. The molecular formula is C19H23N5O2. The summed E-state index contributed by atoms with van der Waals surface area (Å²) in [5.74, 6) is 0.516. The van der Waals surface area contributed by atoms with Gasteiger partial charge in [-0.25, -0.2) is 9.97 Å². The second-order valence-corrected chi connectivity index (χ2v) is 6.36. The molecule has 136 valence electrons. The molecular weight excluding hydrogens is 330 g/mol. The highest BCUT2D eigenvalue weighted by Gasteiger charge is 2.24. The number of amides is 2. The third-order valence-electron chi connectivity index (χ3n) is 4.55. The molecule has 1 saturated heterocycles. The Labute approximate surface area is 153 Å². The number of carbonyl (C=O) groups excluding carboxylic acids is 2. The molecule has 1 N–H and O–H groups in total. The van der Waals surface area contributed by atoms with Gasteiger partial charge >= 0.3 is 0 Å². The molecule has 1 aromatic heterocycles. The summed E-state index contributed by atoms with van der Waals surface area (Å²) in [6.45, 7) is 5.75. The second-order valence-electron chi connectivity index (χ2n) is 6.36. The lowest BCUT2D eigenvalue weighted by molar-refractivity contribution is -0.130. The molecule has 1 aliphatic rings. The average Bonchev–Trinajstić information content (AvgIpc) is 2.69. The van der Waals surface area contributed by atoms with E-state index in [4.69, 9.17) is 0 Å². The summed E-state index contributed by atoms with van der Waals surface area (Å²) < 4.78 is 0. The summed E-state index contributed by atoms with van der Waals surface area (Å²) in [5.41, 5.74) is 1.47. The molecule has 0 radical (unpaired) electrons. The molecule has 7 nitrogen and oxygen atoms in total. The molecule has 26 heavy (non-hydrogen) atoms. The van der Waals surface area contributed by atoms with E-state index in [-0.39, 0.29) is 17.9 Å². The third kappa shape index (κ3) is 4.17. The lowest BCUT2D eigenvalue weighted by Crippen LogP contribution is -2.50. The predicted octanol–water partition coefficient (Wildman–Crippen LogP) is 1.95. The average molecular weight is 353 g/mol. The van der Waals surface area contributed by atoms with Crippen LogP contribution in [0.4, 0.5) is 5.82 Å². The third-order valence-corrected chi connectivity index (χ3v) is 4.55. The van der Waals surface area contributed by atoms with Crippen LogP contribution in [0.2, 0.25) is 0 Å². The molecule has 0 spiro atoms. The maximum Gasteiger partial charge on any atom is 0.274 e. The van der Waals surface area contributed by atoms with Gasteiger partial charge in [-0.3, -0.25) is 9.59 Å². The van der Waals surface area contributed by atoms with Gasteiger partial charge in [-0.2, -0.15) is 0 Å². The molecule has 1 atom stereocenters. The molecule has 3 rings (SSSR count). The zero-order valence-corrected chi connectivity index (χ0v) is 15.1. The fourth-order valence-corrected chi connectivity index (χ4v) is 2.95. The van der Waals surface area contributed by atoms with Crippen molar-refractivity contribution < 1.29 is 9.59 Å². The predicted molar refractivity (Wildman–Crippen MR) is 98.7 cm³/mol. The summed E-state index contributed by atoms with van der Waals surface area (Å²) in [7, 11) is 0. The topological polar surface area (TPSA) is 78.4 Å². The van der Waals surface area contributed by atoms with Crippen LogP contribution >= 0.6 is 0 Å². The van der Waals surface area contributed by atoms with Crippen molar-refractivity contribution in [3.63, 3.8) is 0 Å². The van der Waals surface area contributed by atoms with E-state index in [1.54, 1.807) is 22.9 Å². The van der Waals surface area contributed by atoms with Crippen molar-refractivity contribution >= 4 is 17.6 Å². The van der Waals surface area contributed by atoms with Gasteiger partial charge in [-0.15, -0.1) is 0 Å². The number of nitrogens with one attached hydrogen (secondary N) is 1. The SMILES string of the molecule is CC(=O)N1CCN(C(=O)c2cnc(NC(C)c3ccccc3)cn2)CC1. The molecule has 7 heteroatoms. The summed E-state index contributed by atoms with van der Waals surface area (Å²) in [5, 5.41) is 3.28. The van der Waals surface area contributed by atoms with Crippen LogP contribution in [0.1, 0.15) is 35.9 Å². The largest absolute Gasteiger partial charge is 0.362 e. The second kappa shape index (κ2) is 7.95. The molecule has 0 saturated carbocycles. The Morgan fingerprint density at radius 3 is 2.23 bits per heavy atom. The summed E-state index contributed by atoms with van der Waals surface area (Å²) in [4.78, 5) is 35.9. The Balaban J connectivity index is 1.59. The smallest absolute Gasteiger partial charge is 0.274 e. The summed E-state index contributed by atoms with van der Waals surface area (Å²) in [6, 6.07) is 10.1. The van der Waals surface area contributed by atoms with Crippen LogP contribution in [0.25, 0.3) is 0 Å². The fraction of sp³-hybridized carbons (Fsp3) is 0.368. The lowest BCUT2D eigenvalue weighted by Gasteiger charge is -2.33. The number of hydrogen-bond acceptors (Lipinski definition) is 5. The molecule has 2 amide bonds. The number of hydrogen-bond donors (Lipinski definition) is 1. The van der Waals surface area contributed by atoms with Crippen LogP contribution in [-0.4, -0.2) is 57.8 Å². The minimum atomic E-state index is -0.150. The number of aromatic nitrogens is 2. The zero-order valence-electron chi connectivity index (χ0n) is 15.1. The van der Waals surface area contributed by atoms with E-state index < -0.39 is 0 Å². The molecule has 1 fully saturated rings. The molecule has 0 bridgehead atoms. The van der Waals surface area contributed by atoms with Gasteiger partial charge in [0.25, 0.3) is 5.91 Å². The van der Waals surface area contributed by atoms with Crippen molar-refractivity contribution in [1.29, 1.82) is 0 Å². The molecule has 1 aromatic carbocycles. The van der Waals surface area contributed by atoms with E-state index in [0.717, 1.165) is 5.56 Å². The zero-order chi connectivity index (χ0) is 18.5. The van der Waals surface area contributed by atoms with Crippen molar-refractivity contribution in [2.75, 3.05) is 31.5 Å². The molecule has 1 aliphatic heterocycles. The first-order valence-electron chi connectivity index (χ1n) is 8.73. The number of rotatable bonds is 4. The van der Waals surface area contributed by atoms with Crippen molar-refractivity contribution in [2.24, 2.45) is 0 Å². The Hall–Kier alpha value is -2.96. The lowest BCUT2D eigenvalue weighted by atomic mass is 10.1. The standard InChI is InChI=1S/C19H23N5O2/c1-14(16-6-4-3-5-7-16)22-18-13-20-17(12-21-18)19(26)24-10-8-23(9-11-24)15(2)25/h3-7,12-14H,8-11H2,1-2H3,(H,21,22). The van der Waals surface area contributed by atoms with Crippen molar-refractivity contribution in [2.45, 2.75) is 19.9 Å². The van der Waals surface area contributed by atoms with Gasteiger partial charge in [-0.05, 0) is 12.5 Å². The van der Waals surface area contributed by atoms with Gasteiger partial charge in [0.1, 0.15) is 11.5 Å². The maximum absolute atomic E-state index is 12.5. The van der Waals surface area contributed by atoms with Crippen LogP contribution in [0, 0.1) is 0 Å². The van der Waals surface area contributed by atoms with E-state index in [9.17, 15) is 9.59 Å². The number of nitrogens with zero attached hydrogens (tertiary/aromatic N) is 4. The first-order valence-corrected chi connectivity index (χ1v) is 8.73. The minimum Gasteiger partial charge on any atom is -0.362 e. The highest BCUT2D eigenvalue weighted by Crippen LogP contribution is 2.17. The Morgan fingerprint density at radius 2 is 1.65 bits per heavy atom. The number of anilines is 1. The van der Waals surface area contributed by atoms with Crippen LogP contribution < -0.4 is 5.32 Å². The van der Waals surface area contributed by atoms with E-state index in [1.807, 2.05) is 37.3 Å². The van der Waals surface area contributed by atoms with Crippen molar-refractivity contribution in [1.82, 2.24) is 19.8 Å². The first-order chi connectivity index (χ1) is 12.5. The number of piperazine rings is 1. The molecule has 0 aliphatic carbocycles. The summed E-state index contributed by atoms with van der Waals surface area (Å²) in [6.07, 6.45) is 3.08. The summed E-state index contributed by atoms with van der Waals surface area (Å²) >= 11 is 0. The van der Waals surface area contributed by atoms with Crippen LogP contribution in [-0.2, 0) is 4.79 Å². The van der Waals surface area contributed by atoms with Gasteiger partial charge < -0.3 is 15.1 Å². The molecule has 2 aromatic rings. The Kier molecular flexibility index (Phi) is 5.46. The van der Waals surface area contributed by atoms with Crippen molar-refractivity contribution in [3.05, 3.63) is 54.0 Å². The van der Waals surface area contributed by atoms with Crippen LogP contribution in [0.5, 0.6) is 0 Å². The van der Waals surface area contributed by atoms with Crippen LogP contribution in [0.3, 0.4) is 0 Å². The maximum atomic E-state index is 12.5. The Bertz CT molecular complexity index is 755. The first kappa shape index (κ1) is 17.8. The number of carbonyl (C=O) groups is 2. The normalized spacial score (nSPS) is 15.5. The van der Waals surface area contributed by atoms with Gasteiger partial charge in [0, 0.05) is 39.1 Å². The van der Waals surface area contributed by atoms with Crippen LogP contribution in [0.15, 0.2) is 42.7 Å². The van der Waals surface area contributed by atoms with Crippen molar-refractivity contribution in [3.8, 4) is 0 Å². The monoisotopic (exact) mass is 353 g/mol. The molecule has 1 unspecified atom stereocenters. The van der Waals surface area contributed by atoms with Gasteiger partial charge in [0.2, 0.25) is 5.91 Å². The quantitative estimate of drug-likeness (QED) is 0.909. The number of benzene rings is 1. The van der Waals surface area contributed by atoms with E-state index in [1.165, 1.54) is 6.20 Å². The van der Waals surface area contributed by atoms with Gasteiger partial charge in [-0.1, -0.05) is 30.3 Å². The fourth-order valence-electron chi connectivity index (χ4n) is 2.95. The van der Waals surface area contributed by atoms with E-state index in [2.05, 4.69) is 15.3 Å². The van der Waals surface area contributed by atoms with Gasteiger partial charge in [0.15, 0.2) is 0 Å². The van der Waals surface area contributed by atoms with E-state index >= 15 is 0 Å². The molecule has 2 heterocycles. The van der Waals surface area contributed by atoms with E-state index in [0.29, 0.717) is 37.7 Å².